The summed E-state index contributed by atoms with van der Waals surface area (Å²) in [6, 6.07) is 7.88. The highest BCUT2D eigenvalue weighted by atomic mass is 35.5. The van der Waals surface area contributed by atoms with Crippen molar-refractivity contribution < 1.29 is 8.78 Å². The van der Waals surface area contributed by atoms with Crippen molar-refractivity contribution in [3.05, 3.63) is 76.7 Å². The third-order valence-electron chi connectivity index (χ3n) is 4.42. The van der Waals surface area contributed by atoms with Crippen molar-refractivity contribution in [3.63, 3.8) is 0 Å². The molecule has 0 bridgehead atoms. The average Bonchev–Trinajstić information content (AvgIpc) is 3.19. The van der Waals surface area contributed by atoms with Gasteiger partial charge in [0.15, 0.2) is 11.6 Å². The zero-order valence-corrected chi connectivity index (χ0v) is 17.6. The van der Waals surface area contributed by atoms with Gasteiger partial charge in [0.2, 0.25) is 17.2 Å². The van der Waals surface area contributed by atoms with E-state index in [9.17, 15) is 8.78 Å². The van der Waals surface area contributed by atoms with Gasteiger partial charge in [-0.3, -0.25) is 5.10 Å². The first-order valence-electron chi connectivity index (χ1n) is 9.66. The van der Waals surface area contributed by atoms with Crippen LogP contribution in [-0.2, 0) is 12.8 Å². The fourth-order valence-electron chi connectivity index (χ4n) is 2.91. The van der Waals surface area contributed by atoms with Crippen LogP contribution in [0, 0.1) is 11.6 Å². The molecule has 12 heteroatoms. The van der Waals surface area contributed by atoms with E-state index >= 15 is 0 Å². The molecule has 3 N–H and O–H groups in total. The van der Waals surface area contributed by atoms with E-state index in [0.29, 0.717) is 24.5 Å². The molecule has 0 aliphatic carbocycles. The Bertz CT molecular complexity index is 1200. The molecule has 9 nitrogen and oxygen atoms in total. The molecule has 4 rings (SSSR count). The Morgan fingerprint density at radius 2 is 1.78 bits per heavy atom. The maximum atomic E-state index is 13.3. The lowest BCUT2D eigenvalue weighted by atomic mass is 10.1. The van der Waals surface area contributed by atoms with Crippen LogP contribution in [0.25, 0.3) is 0 Å². The summed E-state index contributed by atoms with van der Waals surface area (Å²) in [6.45, 7) is 1.77. The van der Waals surface area contributed by atoms with Crippen LogP contribution < -0.4 is 10.6 Å². The van der Waals surface area contributed by atoms with E-state index in [1.807, 2.05) is 6.07 Å². The zero-order chi connectivity index (χ0) is 22.5. The van der Waals surface area contributed by atoms with Gasteiger partial charge in [0, 0.05) is 11.8 Å². The van der Waals surface area contributed by atoms with Gasteiger partial charge in [-0.2, -0.15) is 20.1 Å². The second-order valence-electron chi connectivity index (χ2n) is 6.91. The van der Waals surface area contributed by atoms with Crippen LogP contribution in [0.4, 0.5) is 26.5 Å². The molecule has 0 aliphatic rings. The summed E-state index contributed by atoms with van der Waals surface area (Å²) in [5, 5.41) is 13.0. The molecule has 3 heterocycles. The lowest BCUT2D eigenvalue weighted by molar-refractivity contribution is 0.604. The molecule has 164 valence electrons. The summed E-state index contributed by atoms with van der Waals surface area (Å²) in [5.74, 6) is 0.448. The molecule has 32 heavy (non-hydrogen) atoms. The molecule has 0 saturated carbocycles. The Balaban J connectivity index is 1.40. The van der Waals surface area contributed by atoms with E-state index in [2.05, 4.69) is 45.8 Å². The van der Waals surface area contributed by atoms with E-state index in [1.165, 1.54) is 12.1 Å². The number of halogens is 3. The van der Waals surface area contributed by atoms with Crippen molar-refractivity contribution in [1.82, 2.24) is 35.1 Å². The molecule has 1 atom stereocenters. The quantitative estimate of drug-likeness (QED) is 0.363. The molecular formula is C20H18ClF2N9. The normalized spacial score (nSPS) is 11.9. The lowest BCUT2D eigenvalue weighted by Crippen LogP contribution is -2.14. The molecule has 0 radical (unpaired) electrons. The monoisotopic (exact) mass is 457 g/mol. The van der Waals surface area contributed by atoms with Crippen LogP contribution in [0.1, 0.15) is 30.0 Å². The standard InChI is InChI=1S/C20H18ClF2N9/c1-11(17-24-9-14(23)10-25-17)26-19-28-18(21)29-20(30-19)27-16-8-15(31-32-16)6-5-12-3-2-4-13(22)7-12/h2-4,7-11H,5-6H2,1H3,(H3,26,27,28,29,30,31,32). The van der Waals surface area contributed by atoms with E-state index in [-0.39, 0.29) is 23.0 Å². The van der Waals surface area contributed by atoms with Crippen LogP contribution in [0.3, 0.4) is 0 Å². The summed E-state index contributed by atoms with van der Waals surface area (Å²) in [4.78, 5) is 20.2. The van der Waals surface area contributed by atoms with Crippen molar-refractivity contribution in [1.29, 1.82) is 0 Å². The number of hydrogen-bond acceptors (Lipinski definition) is 8. The molecular weight excluding hydrogens is 440 g/mol. The van der Waals surface area contributed by atoms with Crippen molar-refractivity contribution >= 4 is 29.3 Å². The summed E-state index contributed by atoms with van der Waals surface area (Å²) in [7, 11) is 0. The number of rotatable bonds is 8. The Hall–Kier alpha value is -3.73. The first kappa shape index (κ1) is 21.5. The largest absolute Gasteiger partial charge is 0.344 e. The molecule has 1 unspecified atom stereocenters. The number of nitrogens with one attached hydrogen (secondary N) is 3. The topological polar surface area (TPSA) is 117 Å². The Labute approximate surface area is 186 Å². The number of anilines is 3. The predicted molar refractivity (Wildman–Crippen MR) is 115 cm³/mol. The highest BCUT2D eigenvalue weighted by Gasteiger charge is 2.13. The Kier molecular flexibility index (Phi) is 6.45. The minimum atomic E-state index is -0.523. The van der Waals surface area contributed by atoms with Crippen LogP contribution in [-0.4, -0.2) is 35.1 Å². The van der Waals surface area contributed by atoms with Crippen molar-refractivity contribution in [2.45, 2.75) is 25.8 Å². The molecule has 0 fully saturated rings. The summed E-state index contributed by atoms with van der Waals surface area (Å²) in [5.41, 5.74) is 1.76. The number of benzene rings is 1. The van der Waals surface area contributed by atoms with Crippen LogP contribution in [0.15, 0.2) is 42.7 Å². The fraction of sp³-hybridized carbons (Fsp3) is 0.200. The van der Waals surface area contributed by atoms with Gasteiger partial charge in [0.25, 0.3) is 0 Å². The first-order chi connectivity index (χ1) is 15.4. The number of aromatic nitrogens is 7. The van der Waals surface area contributed by atoms with Crippen molar-refractivity contribution in [2.75, 3.05) is 10.6 Å². The third kappa shape index (κ3) is 5.70. The molecule has 0 amide bonds. The van der Waals surface area contributed by atoms with E-state index < -0.39 is 11.9 Å². The molecule has 4 aromatic rings. The van der Waals surface area contributed by atoms with Crippen molar-refractivity contribution in [2.24, 2.45) is 0 Å². The average molecular weight is 458 g/mol. The highest BCUT2D eigenvalue weighted by Crippen LogP contribution is 2.19. The van der Waals surface area contributed by atoms with Gasteiger partial charge in [0.05, 0.1) is 18.4 Å². The second-order valence-corrected chi connectivity index (χ2v) is 7.25. The van der Waals surface area contributed by atoms with E-state index in [4.69, 9.17) is 11.6 Å². The summed E-state index contributed by atoms with van der Waals surface area (Å²) in [6.07, 6.45) is 3.47. The van der Waals surface area contributed by atoms with Crippen LogP contribution >= 0.6 is 11.6 Å². The second kappa shape index (κ2) is 9.60. The van der Waals surface area contributed by atoms with Gasteiger partial charge >= 0.3 is 0 Å². The first-order valence-corrected chi connectivity index (χ1v) is 10.0. The van der Waals surface area contributed by atoms with Gasteiger partial charge < -0.3 is 10.6 Å². The summed E-state index contributed by atoms with van der Waals surface area (Å²) >= 11 is 6.02. The Morgan fingerprint density at radius 3 is 2.56 bits per heavy atom. The van der Waals surface area contributed by atoms with E-state index in [1.54, 1.807) is 19.1 Å². The minimum absolute atomic E-state index is 0.0286. The maximum Gasteiger partial charge on any atom is 0.234 e. The number of hydrogen-bond donors (Lipinski definition) is 3. The smallest absolute Gasteiger partial charge is 0.234 e. The van der Waals surface area contributed by atoms with Gasteiger partial charge in [-0.05, 0) is 49.1 Å². The van der Waals surface area contributed by atoms with Crippen LogP contribution in [0.2, 0.25) is 5.28 Å². The fourth-order valence-corrected chi connectivity index (χ4v) is 3.07. The molecule has 0 aliphatic heterocycles. The summed E-state index contributed by atoms with van der Waals surface area (Å²) < 4.78 is 26.3. The minimum Gasteiger partial charge on any atom is -0.344 e. The maximum absolute atomic E-state index is 13.3. The Morgan fingerprint density at radius 1 is 1.00 bits per heavy atom. The SMILES string of the molecule is CC(Nc1nc(Cl)nc(Nc2cc(CCc3cccc(F)c3)[nH]n2)n1)c1ncc(F)cn1. The number of H-pyrrole nitrogens is 1. The van der Waals surface area contributed by atoms with Gasteiger partial charge in [-0.15, -0.1) is 0 Å². The highest BCUT2D eigenvalue weighted by molar-refractivity contribution is 6.28. The predicted octanol–water partition coefficient (Wildman–Crippen LogP) is 4.02. The van der Waals surface area contributed by atoms with Gasteiger partial charge in [-0.25, -0.2) is 18.7 Å². The van der Waals surface area contributed by atoms with Crippen molar-refractivity contribution in [3.8, 4) is 0 Å². The van der Waals surface area contributed by atoms with Gasteiger partial charge in [-0.1, -0.05) is 12.1 Å². The number of nitrogens with zero attached hydrogens (tertiary/aromatic N) is 6. The lowest BCUT2D eigenvalue weighted by Gasteiger charge is -2.12. The molecule has 3 aromatic heterocycles. The van der Waals surface area contributed by atoms with Gasteiger partial charge in [0.1, 0.15) is 11.6 Å². The molecule has 0 saturated heterocycles. The number of aromatic amines is 1. The van der Waals surface area contributed by atoms with E-state index in [0.717, 1.165) is 23.7 Å². The zero-order valence-electron chi connectivity index (χ0n) is 16.9. The molecule has 1 aromatic carbocycles. The molecule has 0 spiro atoms. The number of aryl methyl sites for hydroxylation is 2. The third-order valence-corrected chi connectivity index (χ3v) is 4.59. The van der Waals surface area contributed by atoms with Crippen LogP contribution in [0.5, 0.6) is 0 Å².